The summed E-state index contributed by atoms with van der Waals surface area (Å²) in [5.74, 6) is 2.84. The van der Waals surface area contributed by atoms with Gasteiger partial charge in [-0.2, -0.15) is 0 Å². The highest BCUT2D eigenvalue weighted by molar-refractivity contribution is 5.44. The highest BCUT2D eigenvalue weighted by Gasteiger charge is 2.19. The van der Waals surface area contributed by atoms with Gasteiger partial charge in [0.25, 0.3) is 0 Å². The molecule has 0 aliphatic carbocycles. The third-order valence-electron chi connectivity index (χ3n) is 3.73. The number of hydrogen-bond donors (Lipinski definition) is 1. The van der Waals surface area contributed by atoms with Gasteiger partial charge in [0.1, 0.15) is 17.5 Å². The number of rotatable bonds is 3. The first-order chi connectivity index (χ1) is 10.3. The third kappa shape index (κ3) is 3.11. The Bertz CT molecular complexity index is 589. The number of piperazine rings is 1. The van der Waals surface area contributed by atoms with Gasteiger partial charge < -0.3 is 15.5 Å². The minimum atomic E-state index is 0.536. The molecule has 0 unspecified atom stereocenters. The van der Waals surface area contributed by atoms with Crippen molar-refractivity contribution in [1.29, 1.82) is 0 Å². The molecule has 0 radical (unpaired) electrons. The Morgan fingerprint density at radius 3 is 2.29 bits per heavy atom. The Labute approximate surface area is 124 Å². The molecular formula is C15H20N6. The molecule has 110 valence electrons. The quantitative estimate of drug-likeness (QED) is 0.905. The van der Waals surface area contributed by atoms with Gasteiger partial charge in [0, 0.05) is 45.1 Å². The highest BCUT2D eigenvalue weighted by atomic mass is 15.3. The van der Waals surface area contributed by atoms with Crippen LogP contribution in [-0.2, 0) is 6.54 Å². The number of nitrogens with zero attached hydrogens (tertiary/aromatic N) is 5. The summed E-state index contributed by atoms with van der Waals surface area (Å²) in [6.45, 7) is 6.22. The molecule has 6 heteroatoms. The van der Waals surface area contributed by atoms with E-state index < -0.39 is 0 Å². The maximum Gasteiger partial charge on any atom is 0.132 e. The Morgan fingerprint density at radius 1 is 1.00 bits per heavy atom. The fourth-order valence-corrected chi connectivity index (χ4v) is 2.51. The minimum Gasteiger partial charge on any atom is -0.353 e. The second kappa shape index (κ2) is 6.05. The van der Waals surface area contributed by atoms with Crippen molar-refractivity contribution in [2.75, 3.05) is 36.0 Å². The van der Waals surface area contributed by atoms with Crippen LogP contribution < -0.4 is 15.5 Å². The van der Waals surface area contributed by atoms with Crippen LogP contribution >= 0.6 is 0 Å². The van der Waals surface area contributed by atoms with Gasteiger partial charge in [0.2, 0.25) is 0 Å². The summed E-state index contributed by atoms with van der Waals surface area (Å²) in [7, 11) is 0. The van der Waals surface area contributed by atoms with Gasteiger partial charge in [-0.05, 0) is 24.6 Å². The summed E-state index contributed by atoms with van der Waals surface area (Å²) in [6, 6.07) is 6.06. The lowest BCUT2D eigenvalue weighted by Gasteiger charge is -2.36. The Balaban J connectivity index is 1.64. The molecule has 1 aliphatic rings. The zero-order valence-corrected chi connectivity index (χ0v) is 12.2. The van der Waals surface area contributed by atoms with E-state index in [9.17, 15) is 0 Å². The van der Waals surface area contributed by atoms with Crippen LogP contribution in [-0.4, -0.2) is 41.1 Å². The van der Waals surface area contributed by atoms with E-state index in [4.69, 9.17) is 5.73 Å². The molecule has 3 heterocycles. The number of pyridine rings is 1. The standard InChI is InChI=1S/C15H20N6/c1-12-17-5-4-15(19-12)21-8-6-20(7-9-21)14-3-2-13(10-16)11-18-14/h2-5,11H,6-10,16H2,1H3. The molecule has 0 spiro atoms. The molecule has 1 aliphatic heterocycles. The molecule has 1 saturated heterocycles. The number of aromatic nitrogens is 3. The first kappa shape index (κ1) is 13.8. The predicted octanol–water partition coefficient (Wildman–Crippen LogP) is 0.965. The largest absolute Gasteiger partial charge is 0.353 e. The van der Waals surface area contributed by atoms with Crippen LogP contribution in [0.3, 0.4) is 0 Å². The summed E-state index contributed by atoms with van der Waals surface area (Å²) in [5.41, 5.74) is 6.66. The molecule has 0 saturated carbocycles. The SMILES string of the molecule is Cc1nccc(N2CCN(c3ccc(CN)cn3)CC2)n1. The Kier molecular flexibility index (Phi) is 3.96. The van der Waals surface area contributed by atoms with E-state index in [0.717, 1.165) is 49.2 Å². The van der Waals surface area contributed by atoms with Crippen molar-refractivity contribution in [3.63, 3.8) is 0 Å². The molecule has 0 aromatic carbocycles. The van der Waals surface area contributed by atoms with E-state index >= 15 is 0 Å². The lowest BCUT2D eigenvalue weighted by Crippen LogP contribution is -2.47. The summed E-state index contributed by atoms with van der Waals surface area (Å²) < 4.78 is 0. The zero-order chi connectivity index (χ0) is 14.7. The smallest absolute Gasteiger partial charge is 0.132 e. The molecule has 1 fully saturated rings. The van der Waals surface area contributed by atoms with Crippen LogP contribution in [0.4, 0.5) is 11.6 Å². The minimum absolute atomic E-state index is 0.536. The van der Waals surface area contributed by atoms with Crippen molar-refractivity contribution in [1.82, 2.24) is 15.0 Å². The van der Waals surface area contributed by atoms with Crippen LogP contribution in [0.25, 0.3) is 0 Å². The molecule has 2 aromatic rings. The molecule has 3 rings (SSSR count). The fourth-order valence-electron chi connectivity index (χ4n) is 2.51. The van der Waals surface area contributed by atoms with Crippen molar-refractivity contribution in [3.05, 3.63) is 42.0 Å². The van der Waals surface area contributed by atoms with Gasteiger partial charge in [0.15, 0.2) is 0 Å². The molecule has 0 bridgehead atoms. The van der Waals surface area contributed by atoms with E-state index in [2.05, 4.69) is 24.8 Å². The first-order valence-electron chi connectivity index (χ1n) is 7.21. The zero-order valence-electron chi connectivity index (χ0n) is 12.2. The maximum atomic E-state index is 5.60. The Morgan fingerprint density at radius 2 is 1.71 bits per heavy atom. The van der Waals surface area contributed by atoms with E-state index in [1.54, 1.807) is 0 Å². The Hall–Kier alpha value is -2.21. The van der Waals surface area contributed by atoms with Gasteiger partial charge in [-0.15, -0.1) is 0 Å². The predicted molar refractivity (Wildman–Crippen MR) is 83.3 cm³/mol. The number of aryl methyl sites for hydroxylation is 1. The number of anilines is 2. The summed E-state index contributed by atoms with van der Waals surface area (Å²) in [5, 5.41) is 0. The van der Waals surface area contributed by atoms with E-state index in [1.807, 2.05) is 37.5 Å². The van der Waals surface area contributed by atoms with Crippen LogP contribution in [0.2, 0.25) is 0 Å². The second-order valence-corrected chi connectivity index (χ2v) is 5.16. The normalized spacial score (nSPS) is 15.3. The van der Waals surface area contributed by atoms with Gasteiger partial charge >= 0.3 is 0 Å². The molecule has 2 N–H and O–H groups in total. The average Bonchev–Trinajstić information content (AvgIpc) is 2.55. The van der Waals surface area contributed by atoms with E-state index in [1.165, 1.54) is 0 Å². The van der Waals surface area contributed by atoms with Crippen molar-refractivity contribution in [3.8, 4) is 0 Å². The highest BCUT2D eigenvalue weighted by Crippen LogP contribution is 2.17. The first-order valence-corrected chi connectivity index (χ1v) is 7.21. The lowest BCUT2D eigenvalue weighted by atomic mass is 10.2. The summed E-state index contributed by atoms with van der Waals surface area (Å²) >= 11 is 0. The summed E-state index contributed by atoms with van der Waals surface area (Å²) in [6.07, 6.45) is 3.67. The number of hydrogen-bond acceptors (Lipinski definition) is 6. The van der Waals surface area contributed by atoms with Crippen molar-refractivity contribution >= 4 is 11.6 Å². The van der Waals surface area contributed by atoms with Crippen LogP contribution in [0, 0.1) is 6.92 Å². The average molecular weight is 284 g/mol. The van der Waals surface area contributed by atoms with Crippen molar-refractivity contribution in [2.45, 2.75) is 13.5 Å². The molecule has 0 amide bonds. The van der Waals surface area contributed by atoms with Gasteiger partial charge in [-0.3, -0.25) is 0 Å². The number of nitrogens with two attached hydrogens (primary N) is 1. The van der Waals surface area contributed by atoms with Crippen LogP contribution in [0.15, 0.2) is 30.6 Å². The third-order valence-corrected chi connectivity index (χ3v) is 3.73. The monoisotopic (exact) mass is 284 g/mol. The van der Waals surface area contributed by atoms with Crippen LogP contribution in [0.1, 0.15) is 11.4 Å². The van der Waals surface area contributed by atoms with E-state index in [0.29, 0.717) is 6.54 Å². The second-order valence-electron chi connectivity index (χ2n) is 5.16. The van der Waals surface area contributed by atoms with Gasteiger partial charge in [0.05, 0.1) is 0 Å². The molecule has 0 atom stereocenters. The van der Waals surface area contributed by atoms with Crippen LogP contribution in [0.5, 0.6) is 0 Å². The van der Waals surface area contributed by atoms with Crippen molar-refractivity contribution < 1.29 is 0 Å². The molecular weight excluding hydrogens is 264 g/mol. The lowest BCUT2D eigenvalue weighted by molar-refractivity contribution is 0.640. The molecule has 21 heavy (non-hydrogen) atoms. The molecule has 6 nitrogen and oxygen atoms in total. The fraction of sp³-hybridized carbons (Fsp3) is 0.400. The summed E-state index contributed by atoms with van der Waals surface area (Å²) in [4.78, 5) is 17.7. The van der Waals surface area contributed by atoms with E-state index in [-0.39, 0.29) is 0 Å². The van der Waals surface area contributed by atoms with Gasteiger partial charge in [-0.25, -0.2) is 15.0 Å². The maximum absolute atomic E-state index is 5.60. The van der Waals surface area contributed by atoms with Gasteiger partial charge in [-0.1, -0.05) is 6.07 Å². The topological polar surface area (TPSA) is 71.2 Å². The van der Waals surface area contributed by atoms with Crippen molar-refractivity contribution in [2.24, 2.45) is 5.73 Å². The molecule has 2 aromatic heterocycles.